The number of ether oxygens (including phenoxy) is 1. The van der Waals surface area contributed by atoms with E-state index in [4.69, 9.17) is 4.74 Å². The molecule has 1 aliphatic heterocycles. The van der Waals surface area contributed by atoms with Gasteiger partial charge in [-0.05, 0) is 37.0 Å². The number of amides is 1. The molecule has 1 unspecified atom stereocenters. The van der Waals surface area contributed by atoms with Gasteiger partial charge in [-0.2, -0.15) is 0 Å². The summed E-state index contributed by atoms with van der Waals surface area (Å²) >= 11 is 0. The largest absolute Gasteiger partial charge is 0.461 e. The first-order valence-electron chi connectivity index (χ1n) is 9.44. The van der Waals surface area contributed by atoms with Gasteiger partial charge in [-0.1, -0.05) is 43.5 Å². The molecule has 7 heteroatoms. The third-order valence-electron chi connectivity index (χ3n) is 5.29. The lowest BCUT2D eigenvalue weighted by Gasteiger charge is -2.36. The van der Waals surface area contributed by atoms with E-state index in [2.05, 4.69) is 0 Å². The number of esters is 1. The van der Waals surface area contributed by atoms with Crippen molar-refractivity contribution in [2.75, 3.05) is 6.61 Å². The lowest BCUT2D eigenvalue weighted by Crippen LogP contribution is -2.48. The van der Waals surface area contributed by atoms with Crippen molar-refractivity contribution in [3.63, 3.8) is 0 Å². The van der Waals surface area contributed by atoms with Crippen molar-refractivity contribution in [3.05, 3.63) is 51.7 Å². The number of rotatable bonds is 5. The molecule has 1 heterocycles. The van der Waals surface area contributed by atoms with Gasteiger partial charge in [-0.3, -0.25) is 14.9 Å². The molecule has 0 N–H and O–H groups in total. The number of hydrogen-bond acceptors (Lipinski definition) is 5. The Kier molecular flexibility index (Phi) is 5.88. The van der Waals surface area contributed by atoms with Gasteiger partial charge in [0.2, 0.25) is 5.91 Å². The van der Waals surface area contributed by atoms with Crippen LogP contribution in [0.1, 0.15) is 56.2 Å². The summed E-state index contributed by atoms with van der Waals surface area (Å²) in [6.45, 7) is 1.65. The fraction of sp³-hybridized carbons (Fsp3) is 0.500. The predicted octanol–water partition coefficient (Wildman–Crippen LogP) is 3.33. The Morgan fingerprint density at radius 3 is 2.63 bits per heavy atom. The first-order chi connectivity index (χ1) is 13.0. The molecule has 0 saturated heterocycles. The van der Waals surface area contributed by atoms with Crippen molar-refractivity contribution in [3.8, 4) is 0 Å². The maximum Gasteiger partial charge on any atom is 0.384 e. The van der Waals surface area contributed by atoms with Crippen molar-refractivity contribution in [2.45, 2.75) is 51.1 Å². The van der Waals surface area contributed by atoms with Crippen molar-refractivity contribution in [1.82, 2.24) is 4.90 Å². The van der Waals surface area contributed by atoms with Gasteiger partial charge in [0.1, 0.15) is 6.04 Å². The van der Waals surface area contributed by atoms with Crippen LogP contribution in [-0.4, -0.2) is 34.3 Å². The summed E-state index contributed by atoms with van der Waals surface area (Å²) in [4.78, 5) is 38.2. The molecule has 0 aromatic heterocycles. The molecule has 2 aliphatic rings. The van der Waals surface area contributed by atoms with Gasteiger partial charge >= 0.3 is 12.0 Å². The fourth-order valence-corrected chi connectivity index (χ4v) is 3.99. The second-order valence-corrected chi connectivity index (χ2v) is 6.95. The molecule has 1 saturated carbocycles. The number of nitrogens with zero attached hydrogens (tertiary/aromatic N) is 2. The van der Waals surface area contributed by atoms with Crippen LogP contribution in [0.25, 0.3) is 6.08 Å². The Labute approximate surface area is 158 Å². The Hall–Kier alpha value is -2.70. The van der Waals surface area contributed by atoms with Crippen LogP contribution in [0.5, 0.6) is 0 Å². The highest BCUT2D eigenvalue weighted by Gasteiger charge is 2.48. The highest BCUT2D eigenvalue weighted by atomic mass is 16.6. The van der Waals surface area contributed by atoms with E-state index < -0.39 is 23.0 Å². The van der Waals surface area contributed by atoms with Gasteiger partial charge in [-0.15, -0.1) is 0 Å². The molecule has 0 spiro atoms. The van der Waals surface area contributed by atoms with Gasteiger partial charge in [-0.25, -0.2) is 4.79 Å². The average Bonchev–Trinajstić information content (AvgIpc) is 2.68. The average molecular weight is 372 g/mol. The number of carbonyl (C=O) groups is 2. The Morgan fingerprint density at radius 1 is 1.26 bits per heavy atom. The van der Waals surface area contributed by atoms with E-state index in [0.717, 1.165) is 37.7 Å². The Morgan fingerprint density at radius 2 is 1.96 bits per heavy atom. The number of carbonyl (C=O) groups excluding carboxylic acids is 2. The van der Waals surface area contributed by atoms with Gasteiger partial charge < -0.3 is 9.64 Å². The second kappa shape index (κ2) is 8.33. The fourth-order valence-electron chi connectivity index (χ4n) is 3.99. The van der Waals surface area contributed by atoms with Gasteiger partial charge in [0.15, 0.2) is 0 Å². The summed E-state index contributed by atoms with van der Waals surface area (Å²) in [5.41, 5.74) is 1.37. The summed E-state index contributed by atoms with van der Waals surface area (Å²) in [6, 6.07) is 4.48. The molecule has 27 heavy (non-hydrogen) atoms. The van der Waals surface area contributed by atoms with Crippen LogP contribution in [0.4, 0.5) is 0 Å². The molecule has 1 fully saturated rings. The topological polar surface area (TPSA) is 89.8 Å². The second-order valence-electron chi connectivity index (χ2n) is 6.95. The SMILES string of the molecule is CCOC(=O)C([C@@H]1c2ccccc2C=CN1C(=O)C1CCCCC1)[N+](=O)[O-]. The van der Waals surface area contributed by atoms with Crippen LogP contribution in [0, 0.1) is 16.0 Å². The zero-order chi connectivity index (χ0) is 19.4. The Bertz CT molecular complexity index is 754. The summed E-state index contributed by atoms with van der Waals surface area (Å²) in [5, 5.41) is 11.8. The van der Waals surface area contributed by atoms with Crippen LogP contribution >= 0.6 is 0 Å². The highest BCUT2D eigenvalue weighted by Crippen LogP contribution is 2.37. The van der Waals surface area contributed by atoms with E-state index in [1.807, 2.05) is 12.1 Å². The van der Waals surface area contributed by atoms with Crippen LogP contribution in [0.15, 0.2) is 30.5 Å². The minimum atomic E-state index is -1.66. The van der Waals surface area contributed by atoms with E-state index in [9.17, 15) is 19.7 Å². The third kappa shape index (κ3) is 3.86. The summed E-state index contributed by atoms with van der Waals surface area (Å²) in [6.07, 6.45) is 7.97. The van der Waals surface area contributed by atoms with Gasteiger partial charge in [0.25, 0.3) is 0 Å². The molecule has 3 rings (SSSR count). The van der Waals surface area contributed by atoms with Crippen LogP contribution in [-0.2, 0) is 14.3 Å². The molecule has 2 atom stereocenters. The normalized spacial score (nSPS) is 20.6. The van der Waals surface area contributed by atoms with Crippen molar-refractivity contribution in [1.29, 1.82) is 0 Å². The lowest BCUT2D eigenvalue weighted by atomic mass is 9.85. The monoisotopic (exact) mass is 372 g/mol. The van der Waals surface area contributed by atoms with Gasteiger partial charge in [0.05, 0.1) is 6.61 Å². The van der Waals surface area contributed by atoms with E-state index >= 15 is 0 Å². The maximum absolute atomic E-state index is 13.2. The molecule has 144 valence electrons. The molecule has 1 aliphatic carbocycles. The minimum Gasteiger partial charge on any atom is -0.461 e. The van der Waals surface area contributed by atoms with Crippen molar-refractivity contribution >= 4 is 18.0 Å². The number of hydrogen-bond donors (Lipinski definition) is 0. The molecule has 0 radical (unpaired) electrons. The van der Waals surface area contributed by atoms with E-state index in [1.165, 1.54) is 4.90 Å². The summed E-state index contributed by atoms with van der Waals surface area (Å²) in [7, 11) is 0. The number of fused-ring (bicyclic) bond motifs is 1. The predicted molar refractivity (Wildman–Crippen MR) is 99.1 cm³/mol. The first-order valence-corrected chi connectivity index (χ1v) is 9.44. The quantitative estimate of drug-likeness (QED) is 0.449. The zero-order valence-corrected chi connectivity index (χ0v) is 15.4. The molecular formula is C20H24N2O5. The van der Waals surface area contributed by atoms with E-state index in [1.54, 1.807) is 31.3 Å². The van der Waals surface area contributed by atoms with Crippen molar-refractivity contribution in [2.24, 2.45) is 5.92 Å². The lowest BCUT2D eigenvalue weighted by molar-refractivity contribution is -0.518. The number of benzene rings is 1. The molecule has 1 aromatic rings. The molecular weight excluding hydrogens is 348 g/mol. The standard InChI is InChI=1S/C20H24N2O5/c1-2-27-20(24)18(22(25)26)17-16-11-7-6-8-14(16)12-13-21(17)19(23)15-9-4-3-5-10-15/h6-8,11-13,15,17-18H,2-5,9-10H2,1H3/t17-,18?/m0/s1. The number of nitro groups is 1. The molecule has 1 amide bonds. The van der Waals surface area contributed by atoms with Crippen LogP contribution in [0.2, 0.25) is 0 Å². The minimum absolute atomic E-state index is 0.0456. The summed E-state index contributed by atoms with van der Waals surface area (Å²) < 4.78 is 4.96. The van der Waals surface area contributed by atoms with Gasteiger partial charge in [0, 0.05) is 17.0 Å². The molecule has 1 aromatic carbocycles. The molecule has 0 bridgehead atoms. The third-order valence-corrected chi connectivity index (χ3v) is 5.29. The zero-order valence-electron chi connectivity index (χ0n) is 15.4. The summed E-state index contributed by atoms with van der Waals surface area (Å²) in [5.74, 6) is -1.23. The molecule has 7 nitrogen and oxygen atoms in total. The van der Waals surface area contributed by atoms with Crippen LogP contribution in [0.3, 0.4) is 0 Å². The highest BCUT2D eigenvalue weighted by molar-refractivity contribution is 5.85. The van der Waals surface area contributed by atoms with Crippen LogP contribution < -0.4 is 0 Å². The smallest absolute Gasteiger partial charge is 0.384 e. The van der Waals surface area contributed by atoms with Crippen molar-refractivity contribution < 1.29 is 19.2 Å². The van der Waals surface area contributed by atoms with E-state index in [-0.39, 0.29) is 18.4 Å². The maximum atomic E-state index is 13.2. The first kappa shape index (κ1) is 19.1. The van der Waals surface area contributed by atoms with E-state index in [0.29, 0.717) is 5.56 Å². The Balaban J connectivity index is 2.02.